The van der Waals surface area contributed by atoms with Crippen LogP contribution in [0.15, 0.2) is 18.2 Å². The lowest BCUT2D eigenvalue weighted by atomic mass is 10.2. The normalized spacial score (nSPS) is 12.5. The fraction of sp³-hybridized carbons (Fsp3) is 0.455. The highest BCUT2D eigenvalue weighted by Crippen LogP contribution is 2.28. The van der Waals surface area contributed by atoms with Gasteiger partial charge in [-0.1, -0.05) is 30.1 Å². The number of hydrogen-bond donors (Lipinski definition) is 1. The molecular weight excluding hydrogens is 233 g/mol. The summed E-state index contributed by atoms with van der Waals surface area (Å²) in [6.45, 7) is 2.88. The van der Waals surface area contributed by atoms with Crippen LogP contribution >= 0.6 is 23.2 Å². The molecule has 1 unspecified atom stereocenters. The summed E-state index contributed by atoms with van der Waals surface area (Å²) in [6.07, 6.45) is 1.06. The second kappa shape index (κ2) is 6.21. The lowest BCUT2D eigenvalue weighted by molar-refractivity contribution is 0.196. The molecule has 1 N–H and O–H groups in total. The van der Waals surface area contributed by atoms with E-state index in [1.54, 1.807) is 18.2 Å². The van der Waals surface area contributed by atoms with Gasteiger partial charge in [0.2, 0.25) is 0 Å². The third-order valence-corrected chi connectivity index (χ3v) is 2.61. The quantitative estimate of drug-likeness (QED) is 0.862. The monoisotopic (exact) mass is 247 g/mol. The zero-order valence-electron chi connectivity index (χ0n) is 8.89. The molecule has 84 valence electrons. The highest BCUT2D eigenvalue weighted by atomic mass is 35.5. The molecule has 0 radical (unpaired) electrons. The summed E-state index contributed by atoms with van der Waals surface area (Å²) in [7, 11) is 1.90. The first-order valence-corrected chi connectivity index (χ1v) is 5.69. The van der Waals surface area contributed by atoms with E-state index in [0.29, 0.717) is 15.8 Å². The first kappa shape index (κ1) is 12.6. The lowest BCUT2D eigenvalue weighted by Gasteiger charge is -2.17. The summed E-state index contributed by atoms with van der Waals surface area (Å²) < 4.78 is 5.74. The summed E-state index contributed by atoms with van der Waals surface area (Å²) in [5.41, 5.74) is 0. The van der Waals surface area contributed by atoms with E-state index in [1.165, 1.54) is 0 Å². The van der Waals surface area contributed by atoms with E-state index < -0.39 is 0 Å². The maximum atomic E-state index is 6.00. The first-order chi connectivity index (χ1) is 7.17. The predicted octanol–water partition coefficient (Wildman–Crippen LogP) is 3.37. The SMILES string of the molecule is CCC(CNC)Oc1ccc(Cl)cc1Cl. The molecule has 0 saturated carbocycles. The summed E-state index contributed by atoms with van der Waals surface area (Å²) in [4.78, 5) is 0. The number of benzene rings is 1. The molecule has 0 saturated heterocycles. The van der Waals surface area contributed by atoms with Crippen molar-refractivity contribution in [1.82, 2.24) is 5.32 Å². The van der Waals surface area contributed by atoms with Crippen molar-refractivity contribution in [3.63, 3.8) is 0 Å². The molecule has 1 atom stereocenters. The van der Waals surface area contributed by atoms with Crippen LogP contribution in [0.25, 0.3) is 0 Å². The Morgan fingerprint density at radius 3 is 2.67 bits per heavy atom. The first-order valence-electron chi connectivity index (χ1n) is 4.93. The summed E-state index contributed by atoms with van der Waals surface area (Å²) in [5, 5.41) is 4.25. The number of hydrogen-bond acceptors (Lipinski definition) is 2. The molecule has 2 nitrogen and oxygen atoms in total. The molecule has 0 aliphatic heterocycles. The average molecular weight is 248 g/mol. The van der Waals surface area contributed by atoms with Crippen LogP contribution in [0.1, 0.15) is 13.3 Å². The topological polar surface area (TPSA) is 21.3 Å². The van der Waals surface area contributed by atoms with Gasteiger partial charge in [-0.25, -0.2) is 0 Å². The van der Waals surface area contributed by atoms with Crippen LogP contribution in [0.4, 0.5) is 0 Å². The molecule has 0 spiro atoms. The third kappa shape index (κ3) is 3.90. The number of rotatable bonds is 5. The van der Waals surface area contributed by atoms with Crippen LogP contribution < -0.4 is 10.1 Å². The number of nitrogens with one attached hydrogen (secondary N) is 1. The predicted molar refractivity (Wildman–Crippen MR) is 65.1 cm³/mol. The van der Waals surface area contributed by atoms with Crippen LogP contribution in [0.3, 0.4) is 0 Å². The molecule has 1 aromatic carbocycles. The van der Waals surface area contributed by atoms with Gasteiger partial charge < -0.3 is 10.1 Å². The molecule has 15 heavy (non-hydrogen) atoms. The smallest absolute Gasteiger partial charge is 0.138 e. The minimum absolute atomic E-state index is 0.133. The second-order valence-corrected chi connectivity index (χ2v) is 4.12. The molecule has 0 fully saturated rings. The molecule has 1 aromatic rings. The lowest BCUT2D eigenvalue weighted by Crippen LogP contribution is -2.28. The minimum atomic E-state index is 0.133. The second-order valence-electron chi connectivity index (χ2n) is 3.28. The Hall–Kier alpha value is -0.440. The minimum Gasteiger partial charge on any atom is -0.488 e. The van der Waals surface area contributed by atoms with Crippen LogP contribution in [0.5, 0.6) is 5.75 Å². The summed E-state index contributed by atoms with van der Waals surface area (Å²) >= 11 is 11.8. The molecule has 0 amide bonds. The largest absolute Gasteiger partial charge is 0.488 e. The van der Waals surface area contributed by atoms with Crippen LogP contribution in [-0.4, -0.2) is 19.7 Å². The van der Waals surface area contributed by atoms with Crippen molar-refractivity contribution in [1.29, 1.82) is 0 Å². The van der Waals surface area contributed by atoms with Gasteiger partial charge in [0.1, 0.15) is 11.9 Å². The van der Waals surface area contributed by atoms with E-state index in [4.69, 9.17) is 27.9 Å². The van der Waals surface area contributed by atoms with Crippen molar-refractivity contribution in [3.05, 3.63) is 28.2 Å². The van der Waals surface area contributed by atoms with Crippen molar-refractivity contribution in [2.24, 2.45) is 0 Å². The Kier molecular flexibility index (Phi) is 5.23. The van der Waals surface area contributed by atoms with Crippen molar-refractivity contribution >= 4 is 23.2 Å². The zero-order valence-corrected chi connectivity index (χ0v) is 10.4. The highest BCUT2D eigenvalue weighted by molar-refractivity contribution is 6.35. The standard InChI is InChI=1S/C11H15Cl2NO/c1-3-9(7-14-2)15-11-5-4-8(12)6-10(11)13/h4-6,9,14H,3,7H2,1-2H3. The fourth-order valence-electron chi connectivity index (χ4n) is 1.25. The maximum absolute atomic E-state index is 6.00. The van der Waals surface area contributed by atoms with Gasteiger partial charge in [0.05, 0.1) is 5.02 Å². The fourth-order valence-corrected chi connectivity index (χ4v) is 1.70. The molecule has 0 bridgehead atoms. The summed E-state index contributed by atoms with van der Waals surface area (Å²) in [6, 6.07) is 5.25. The maximum Gasteiger partial charge on any atom is 0.138 e. The van der Waals surface area contributed by atoms with Crippen molar-refractivity contribution < 1.29 is 4.74 Å². The average Bonchev–Trinajstić information content (AvgIpc) is 2.21. The molecule has 0 aromatic heterocycles. The zero-order chi connectivity index (χ0) is 11.3. The van der Waals surface area contributed by atoms with Gasteiger partial charge in [-0.05, 0) is 31.7 Å². The van der Waals surface area contributed by atoms with Gasteiger partial charge in [-0.15, -0.1) is 0 Å². The molecule has 0 aliphatic rings. The number of halogens is 2. The van der Waals surface area contributed by atoms with Crippen molar-refractivity contribution in [3.8, 4) is 5.75 Å². The van der Waals surface area contributed by atoms with Crippen LogP contribution in [0, 0.1) is 0 Å². The van der Waals surface area contributed by atoms with Gasteiger partial charge in [-0.3, -0.25) is 0 Å². The molecule has 0 heterocycles. The van der Waals surface area contributed by atoms with E-state index in [2.05, 4.69) is 12.2 Å². The molecule has 0 aliphatic carbocycles. The van der Waals surface area contributed by atoms with Gasteiger partial charge in [0, 0.05) is 11.6 Å². The molecule has 4 heteroatoms. The Balaban J connectivity index is 2.70. The molecule has 1 rings (SSSR count). The van der Waals surface area contributed by atoms with E-state index in [0.717, 1.165) is 13.0 Å². The van der Waals surface area contributed by atoms with E-state index >= 15 is 0 Å². The van der Waals surface area contributed by atoms with Gasteiger partial charge >= 0.3 is 0 Å². The third-order valence-electron chi connectivity index (χ3n) is 2.07. The number of ether oxygens (including phenoxy) is 1. The molecular formula is C11H15Cl2NO. The Morgan fingerprint density at radius 2 is 2.13 bits per heavy atom. The Labute approximate surface area is 101 Å². The van der Waals surface area contributed by atoms with E-state index in [9.17, 15) is 0 Å². The van der Waals surface area contributed by atoms with E-state index in [1.807, 2.05) is 7.05 Å². The van der Waals surface area contributed by atoms with Gasteiger partial charge in [0.15, 0.2) is 0 Å². The van der Waals surface area contributed by atoms with Crippen LogP contribution in [0.2, 0.25) is 10.0 Å². The Bertz CT molecular complexity index is 317. The van der Waals surface area contributed by atoms with Crippen molar-refractivity contribution in [2.45, 2.75) is 19.4 Å². The number of likely N-dealkylation sites (N-methyl/N-ethyl adjacent to an activating group) is 1. The van der Waals surface area contributed by atoms with Gasteiger partial charge in [-0.2, -0.15) is 0 Å². The van der Waals surface area contributed by atoms with Crippen LogP contribution in [-0.2, 0) is 0 Å². The summed E-state index contributed by atoms with van der Waals surface area (Å²) in [5.74, 6) is 0.683. The Morgan fingerprint density at radius 1 is 1.40 bits per heavy atom. The highest BCUT2D eigenvalue weighted by Gasteiger charge is 2.09. The van der Waals surface area contributed by atoms with E-state index in [-0.39, 0.29) is 6.10 Å². The van der Waals surface area contributed by atoms with Crippen molar-refractivity contribution in [2.75, 3.05) is 13.6 Å². The van der Waals surface area contributed by atoms with Gasteiger partial charge in [0.25, 0.3) is 0 Å².